The molecule has 348 valence electrons. The maximum absolute atomic E-state index is 14.7. The van der Waals surface area contributed by atoms with E-state index in [1.807, 2.05) is 38.9 Å². The molecule has 0 unspecified atom stereocenters. The van der Waals surface area contributed by atoms with E-state index in [0.717, 1.165) is 6.54 Å². The smallest absolute Gasteiger partial charge is 0.312 e. The minimum atomic E-state index is -2.04. The molecule has 4 aromatic rings. The van der Waals surface area contributed by atoms with E-state index >= 15 is 0 Å². The average Bonchev–Trinajstić information content (AvgIpc) is 3.71. The molecule has 1 saturated heterocycles. The van der Waals surface area contributed by atoms with Gasteiger partial charge in [0.05, 0.1) is 48.7 Å². The number of hydrogen-bond donors (Lipinski definition) is 3. The maximum Gasteiger partial charge on any atom is 0.312 e. The summed E-state index contributed by atoms with van der Waals surface area (Å²) in [4.78, 5) is 62.4. The van der Waals surface area contributed by atoms with Gasteiger partial charge in [0.15, 0.2) is 22.3 Å². The quantitative estimate of drug-likeness (QED) is 0.0602. The van der Waals surface area contributed by atoms with Gasteiger partial charge < -0.3 is 58.0 Å². The number of aromatic nitrogens is 1. The SMILES string of the molecule is CO[C@H]1/C=C/O[C@@]2(C)Oc3c(C)c(=O)c4c(O)c(c5oc6cc(OCCOCCN(C)C)ccc6nc5c4c3C2=O)NC(=O)/C(C)=C\C=C\[C@H](C)[C@@H]2O[C@H]([C@H](O)[C@@H]2C)[C@H](OC(C)=O)[C@@H]1C. The van der Waals surface area contributed by atoms with Crippen molar-refractivity contribution in [1.29, 1.82) is 0 Å². The summed E-state index contributed by atoms with van der Waals surface area (Å²) in [6.45, 7) is 13.1. The molecule has 1 aromatic heterocycles. The van der Waals surface area contributed by atoms with Gasteiger partial charge in [-0.1, -0.05) is 39.0 Å². The first-order valence-electron chi connectivity index (χ1n) is 21.6. The van der Waals surface area contributed by atoms with E-state index < -0.39 is 71.1 Å². The van der Waals surface area contributed by atoms with E-state index in [0.29, 0.717) is 24.5 Å². The van der Waals surface area contributed by atoms with Gasteiger partial charge in [-0.3, -0.25) is 19.2 Å². The molecule has 9 atom stereocenters. The zero-order valence-electron chi connectivity index (χ0n) is 38.3. The number of aliphatic hydroxyl groups is 1. The van der Waals surface area contributed by atoms with Crippen molar-refractivity contribution in [3.63, 3.8) is 0 Å². The highest BCUT2D eigenvalue weighted by Crippen LogP contribution is 2.48. The number of Topliss-reactive ketones (excluding diaryl/α,β-unsaturated/α-hetero) is 1. The van der Waals surface area contributed by atoms with Crippen LogP contribution in [0.15, 0.2) is 63.6 Å². The van der Waals surface area contributed by atoms with Gasteiger partial charge in [-0.2, -0.15) is 0 Å². The predicted octanol–water partition coefficient (Wildman–Crippen LogP) is 5.72. The number of aliphatic hydroxyl groups excluding tert-OH is 1. The summed E-state index contributed by atoms with van der Waals surface area (Å²) in [6, 6.07) is 4.94. The number of hydrogen-bond acceptors (Lipinski definition) is 16. The average molecular weight is 900 g/mol. The van der Waals surface area contributed by atoms with Crippen LogP contribution < -0.4 is 20.2 Å². The summed E-state index contributed by atoms with van der Waals surface area (Å²) < 4.78 is 48.4. The first kappa shape index (κ1) is 47.1. The van der Waals surface area contributed by atoms with E-state index in [-0.39, 0.29) is 74.0 Å². The molecule has 0 spiro atoms. The Morgan fingerprint density at radius 2 is 1.77 bits per heavy atom. The van der Waals surface area contributed by atoms with Gasteiger partial charge in [0, 0.05) is 67.8 Å². The normalized spacial score (nSPS) is 29.0. The second-order valence-corrected chi connectivity index (χ2v) is 17.3. The lowest BCUT2D eigenvalue weighted by molar-refractivity contribution is -0.168. The maximum atomic E-state index is 14.7. The largest absolute Gasteiger partial charge is 0.505 e. The molecule has 4 aliphatic rings. The summed E-state index contributed by atoms with van der Waals surface area (Å²) in [5.41, 5.74) is -0.465. The lowest BCUT2D eigenvalue weighted by Crippen LogP contribution is -2.46. The number of phenols is 1. The number of ketones is 1. The number of carbonyl (C=O) groups excluding carboxylic acids is 3. The molecule has 17 heteroatoms. The van der Waals surface area contributed by atoms with Gasteiger partial charge in [-0.25, -0.2) is 4.98 Å². The molecule has 3 aromatic carbocycles. The fourth-order valence-corrected chi connectivity index (χ4v) is 8.62. The second-order valence-electron chi connectivity index (χ2n) is 17.3. The first-order chi connectivity index (χ1) is 30.9. The van der Waals surface area contributed by atoms with Crippen molar-refractivity contribution >= 4 is 56.3 Å². The number of anilines is 1. The van der Waals surface area contributed by atoms with Crippen LogP contribution in [0.3, 0.4) is 0 Å². The Balaban J connectivity index is 1.38. The molecule has 17 nitrogen and oxygen atoms in total. The van der Waals surface area contributed by atoms with Gasteiger partial charge >= 0.3 is 11.8 Å². The van der Waals surface area contributed by atoms with Crippen molar-refractivity contribution in [3.05, 3.63) is 75.7 Å². The van der Waals surface area contributed by atoms with Crippen molar-refractivity contribution in [2.24, 2.45) is 17.8 Å². The number of rotatable bonds is 9. The Hall–Kier alpha value is -5.85. The zero-order valence-corrected chi connectivity index (χ0v) is 38.3. The van der Waals surface area contributed by atoms with Crippen LogP contribution in [-0.4, -0.2) is 122 Å². The summed E-state index contributed by atoms with van der Waals surface area (Å²) in [6.07, 6.45) is 3.58. The van der Waals surface area contributed by atoms with Crippen LogP contribution in [0.5, 0.6) is 17.2 Å². The van der Waals surface area contributed by atoms with Gasteiger partial charge in [0.2, 0.25) is 0 Å². The molecule has 7 bridgehead atoms. The summed E-state index contributed by atoms with van der Waals surface area (Å²) in [5.74, 6) is -5.58. The van der Waals surface area contributed by atoms with Crippen LogP contribution in [-0.2, 0) is 33.3 Å². The molecule has 4 aliphatic heterocycles. The minimum Gasteiger partial charge on any atom is -0.505 e. The van der Waals surface area contributed by atoms with E-state index in [1.165, 1.54) is 40.2 Å². The number of esters is 1. The Bertz CT molecular complexity index is 2670. The van der Waals surface area contributed by atoms with Crippen LogP contribution in [0.25, 0.3) is 33.0 Å². The van der Waals surface area contributed by atoms with Gasteiger partial charge in [0.1, 0.15) is 47.0 Å². The number of allylic oxidation sites excluding steroid dienone is 2. The molecule has 0 saturated carbocycles. The number of nitrogens with zero attached hydrogens (tertiary/aromatic N) is 2. The Morgan fingerprint density at radius 3 is 2.48 bits per heavy atom. The van der Waals surface area contributed by atoms with Gasteiger partial charge in [-0.15, -0.1) is 0 Å². The third-order valence-electron chi connectivity index (χ3n) is 12.4. The number of benzene rings is 3. The van der Waals surface area contributed by atoms with Crippen LogP contribution in [0.4, 0.5) is 5.69 Å². The Morgan fingerprint density at radius 1 is 1.02 bits per heavy atom. The fraction of sp³-hybridized carbons (Fsp3) is 0.479. The molecule has 65 heavy (non-hydrogen) atoms. The van der Waals surface area contributed by atoms with Crippen molar-refractivity contribution in [2.45, 2.75) is 84.8 Å². The minimum absolute atomic E-state index is 0.00523. The number of aromatic hydroxyl groups is 1. The fourth-order valence-electron chi connectivity index (χ4n) is 8.62. The molecular formula is C48H57N3O14. The molecule has 1 amide bonds. The standard InChI is InChI=1S/C48H57N3O14/c1-23-12-11-13-24(2)47(57)50-37-40(55)34-33(36-44(37)63-32-22-29(14-15-30(32)49-36)60-21-20-59-19-17-51(8)9)35-42(26(4)38(34)53)65-48(7,46(35)56)61-18-16-31(58-10)25(3)43(62-28(6)52)45-39(54)27(5)41(23)64-45/h11-16,18,22-23,25,27,31,39,41,43,45,54-55H,17,19-21H2,1-10H3,(H,50,57)/b12-11+,18-16+,24-13-/t23-,25+,27-,31-,39+,41-,43+,45+,48-/m0/s1. The molecule has 1 fully saturated rings. The molecule has 8 rings (SSSR count). The third kappa shape index (κ3) is 9.07. The van der Waals surface area contributed by atoms with Crippen molar-refractivity contribution in [2.75, 3.05) is 52.9 Å². The van der Waals surface area contributed by atoms with Crippen LogP contribution in [0, 0.1) is 24.7 Å². The highest BCUT2D eigenvalue weighted by Gasteiger charge is 2.51. The summed E-state index contributed by atoms with van der Waals surface area (Å²) in [5, 5.41) is 26.0. The van der Waals surface area contributed by atoms with Gasteiger partial charge in [0.25, 0.3) is 11.7 Å². The number of carbonyl (C=O) groups is 3. The number of amides is 1. The monoisotopic (exact) mass is 899 g/mol. The van der Waals surface area contributed by atoms with Gasteiger partial charge in [-0.05, 0) is 46.2 Å². The topological polar surface area (TPSA) is 215 Å². The Kier molecular flexibility index (Phi) is 13.7. The highest BCUT2D eigenvalue weighted by atomic mass is 16.7. The first-order valence-corrected chi connectivity index (χ1v) is 21.6. The lowest BCUT2D eigenvalue weighted by Gasteiger charge is -2.33. The molecule has 3 N–H and O–H groups in total. The van der Waals surface area contributed by atoms with Crippen LogP contribution in [0.1, 0.15) is 57.5 Å². The Labute approximate surface area is 375 Å². The van der Waals surface area contributed by atoms with Crippen molar-refractivity contribution in [1.82, 2.24) is 9.88 Å². The van der Waals surface area contributed by atoms with E-state index in [9.17, 15) is 29.4 Å². The zero-order chi connectivity index (χ0) is 47.1. The third-order valence-corrected chi connectivity index (χ3v) is 12.4. The molecule has 5 heterocycles. The predicted molar refractivity (Wildman–Crippen MR) is 240 cm³/mol. The molecular weight excluding hydrogens is 843 g/mol. The molecule has 0 aliphatic carbocycles. The van der Waals surface area contributed by atoms with Crippen molar-refractivity contribution in [3.8, 4) is 17.2 Å². The lowest BCUT2D eigenvalue weighted by atomic mass is 9.86. The summed E-state index contributed by atoms with van der Waals surface area (Å²) >= 11 is 0. The van der Waals surface area contributed by atoms with Crippen LogP contribution in [0.2, 0.25) is 0 Å². The number of likely N-dealkylation sites (N-methyl/N-ethyl adjacent to an activating group) is 1. The number of nitrogens with one attached hydrogen (secondary N) is 1. The number of fused-ring (bicyclic) bond motifs is 9. The van der Waals surface area contributed by atoms with Crippen LogP contribution >= 0.6 is 0 Å². The van der Waals surface area contributed by atoms with E-state index in [4.69, 9.17) is 42.6 Å². The number of ether oxygens (including phenoxy) is 7. The second kappa shape index (κ2) is 18.9. The number of methoxy groups -OCH3 is 1. The van der Waals surface area contributed by atoms with E-state index in [2.05, 4.69) is 5.32 Å². The number of phenolic OH excluding ortho intramolecular Hbond substituents is 1. The molecule has 0 radical (unpaired) electrons. The van der Waals surface area contributed by atoms with E-state index in [1.54, 1.807) is 44.2 Å². The summed E-state index contributed by atoms with van der Waals surface area (Å²) in [7, 11) is 5.36. The van der Waals surface area contributed by atoms with Crippen molar-refractivity contribution < 1.29 is 62.2 Å². The highest BCUT2D eigenvalue weighted by molar-refractivity contribution is 6.26.